The van der Waals surface area contributed by atoms with Crippen LogP contribution in [0.1, 0.15) is 18.4 Å². The molecule has 100 valence electrons. The third-order valence-corrected chi connectivity index (χ3v) is 5.09. The Balaban J connectivity index is 1.70. The minimum Gasteiger partial charge on any atom is -0.311 e. The smallest absolute Gasteiger partial charge is 0.195 e. The number of benzene rings is 1. The van der Waals surface area contributed by atoms with Crippen molar-refractivity contribution in [2.24, 2.45) is 7.05 Å². The van der Waals surface area contributed by atoms with Crippen LogP contribution in [0.25, 0.3) is 0 Å². The number of rotatable bonds is 5. The molecule has 1 fully saturated rings. The predicted molar refractivity (Wildman–Crippen MR) is 79.1 cm³/mol. The van der Waals surface area contributed by atoms with Crippen molar-refractivity contribution in [2.75, 3.05) is 0 Å². The molecule has 0 radical (unpaired) electrons. The fourth-order valence-corrected chi connectivity index (χ4v) is 3.19. The largest absolute Gasteiger partial charge is 0.311 e. The maximum atomic E-state index is 4.09. The Kier molecular flexibility index (Phi) is 3.91. The number of nitrogens with zero attached hydrogens (tertiary/aromatic N) is 3. The molecule has 1 aromatic carbocycles. The monoisotopic (exact) mass is 338 g/mol. The maximum Gasteiger partial charge on any atom is 0.195 e. The summed E-state index contributed by atoms with van der Waals surface area (Å²) in [5.41, 5.74) is 1.31. The van der Waals surface area contributed by atoms with E-state index < -0.39 is 0 Å². The molecule has 2 aromatic rings. The van der Waals surface area contributed by atoms with E-state index in [2.05, 4.69) is 49.6 Å². The molecule has 19 heavy (non-hydrogen) atoms. The van der Waals surface area contributed by atoms with Gasteiger partial charge in [0.25, 0.3) is 0 Å². The summed E-state index contributed by atoms with van der Waals surface area (Å²) in [6.45, 7) is 0.943. The molecule has 0 saturated heterocycles. The van der Waals surface area contributed by atoms with Crippen LogP contribution >= 0.6 is 27.7 Å². The summed E-state index contributed by atoms with van der Waals surface area (Å²) in [4.78, 5) is 1.16. The van der Waals surface area contributed by atoms with Crippen molar-refractivity contribution in [3.8, 4) is 0 Å². The summed E-state index contributed by atoms with van der Waals surface area (Å²) < 4.78 is 3.02. The molecule has 1 N–H and O–H groups in total. The van der Waals surface area contributed by atoms with Crippen LogP contribution in [0.5, 0.6) is 0 Å². The number of nitrogens with one attached hydrogen (secondary N) is 1. The van der Waals surface area contributed by atoms with Gasteiger partial charge in [0.1, 0.15) is 6.33 Å². The van der Waals surface area contributed by atoms with Crippen LogP contribution in [-0.2, 0) is 13.6 Å². The lowest BCUT2D eigenvalue weighted by molar-refractivity contribution is 0.687. The van der Waals surface area contributed by atoms with E-state index in [9.17, 15) is 0 Å². The van der Waals surface area contributed by atoms with Crippen molar-refractivity contribution in [2.45, 2.75) is 35.5 Å². The van der Waals surface area contributed by atoms with Crippen LogP contribution in [0.3, 0.4) is 0 Å². The molecule has 1 saturated carbocycles. The molecule has 1 heterocycles. The number of hydrogen-bond donors (Lipinski definition) is 1. The van der Waals surface area contributed by atoms with Crippen LogP contribution in [0, 0.1) is 0 Å². The Hall–Kier alpha value is -0.850. The first-order valence-electron chi connectivity index (χ1n) is 6.26. The van der Waals surface area contributed by atoms with Crippen molar-refractivity contribution >= 4 is 27.7 Å². The Labute approximate surface area is 125 Å². The lowest BCUT2D eigenvalue weighted by Gasteiger charge is -2.07. The van der Waals surface area contributed by atoms with Gasteiger partial charge in [-0.3, -0.25) is 0 Å². The van der Waals surface area contributed by atoms with Crippen LogP contribution in [0.2, 0.25) is 0 Å². The minimum atomic E-state index is 0.742. The molecular weight excluding hydrogens is 324 g/mol. The molecule has 1 aliphatic carbocycles. The third kappa shape index (κ3) is 3.38. The van der Waals surface area contributed by atoms with Gasteiger partial charge >= 0.3 is 0 Å². The molecule has 4 nitrogen and oxygen atoms in total. The van der Waals surface area contributed by atoms with Gasteiger partial charge in [-0.25, -0.2) is 0 Å². The van der Waals surface area contributed by atoms with Crippen LogP contribution in [0.15, 0.2) is 39.1 Å². The van der Waals surface area contributed by atoms with Gasteiger partial charge in [0.15, 0.2) is 5.16 Å². The van der Waals surface area contributed by atoms with Gasteiger partial charge < -0.3 is 9.88 Å². The third-order valence-electron chi connectivity index (χ3n) is 3.04. The molecular formula is C13H15BrN4S. The van der Waals surface area contributed by atoms with Crippen LogP contribution in [0.4, 0.5) is 0 Å². The van der Waals surface area contributed by atoms with Gasteiger partial charge in [-0.05, 0) is 58.2 Å². The SMILES string of the molecule is Cn1cnnc1Sc1ccc(CNC2CC2)cc1Br. The summed E-state index contributed by atoms with van der Waals surface area (Å²) in [6, 6.07) is 7.21. The van der Waals surface area contributed by atoms with E-state index in [0.717, 1.165) is 27.1 Å². The molecule has 3 rings (SSSR count). The van der Waals surface area contributed by atoms with Crippen molar-refractivity contribution < 1.29 is 0 Å². The zero-order valence-corrected chi connectivity index (χ0v) is 13.0. The molecule has 1 aliphatic rings. The second-order valence-electron chi connectivity index (χ2n) is 4.75. The summed E-state index contributed by atoms with van der Waals surface area (Å²) in [5, 5.41) is 12.4. The fourth-order valence-electron chi connectivity index (χ4n) is 1.75. The fraction of sp³-hybridized carbons (Fsp3) is 0.385. The second kappa shape index (κ2) is 5.64. The topological polar surface area (TPSA) is 42.7 Å². The highest BCUT2D eigenvalue weighted by Crippen LogP contribution is 2.32. The van der Waals surface area contributed by atoms with Crippen molar-refractivity contribution in [1.29, 1.82) is 0 Å². The Morgan fingerprint density at radius 3 is 2.95 bits per heavy atom. The van der Waals surface area contributed by atoms with Crippen molar-refractivity contribution in [3.63, 3.8) is 0 Å². The van der Waals surface area contributed by atoms with E-state index >= 15 is 0 Å². The quantitative estimate of drug-likeness (QED) is 0.910. The molecule has 0 atom stereocenters. The zero-order chi connectivity index (χ0) is 13.2. The first-order valence-corrected chi connectivity index (χ1v) is 7.87. The second-order valence-corrected chi connectivity index (χ2v) is 6.61. The lowest BCUT2D eigenvalue weighted by Crippen LogP contribution is -2.15. The predicted octanol–water partition coefficient (Wildman–Crippen LogP) is 2.98. The van der Waals surface area contributed by atoms with Gasteiger partial charge in [-0.2, -0.15) is 0 Å². The van der Waals surface area contributed by atoms with Gasteiger partial charge in [-0.15, -0.1) is 10.2 Å². The molecule has 0 amide bonds. The van der Waals surface area contributed by atoms with E-state index in [4.69, 9.17) is 0 Å². The highest BCUT2D eigenvalue weighted by atomic mass is 79.9. The van der Waals surface area contributed by atoms with Gasteiger partial charge in [-0.1, -0.05) is 6.07 Å². The molecule has 0 aliphatic heterocycles. The van der Waals surface area contributed by atoms with E-state index in [-0.39, 0.29) is 0 Å². The van der Waals surface area contributed by atoms with E-state index in [1.807, 2.05) is 11.6 Å². The molecule has 1 aromatic heterocycles. The van der Waals surface area contributed by atoms with Crippen LogP contribution in [-0.4, -0.2) is 20.8 Å². The van der Waals surface area contributed by atoms with E-state index in [0.29, 0.717) is 0 Å². The normalized spacial score (nSPS) is 14.8. The Morgan fingerprint density at radius 2 is 2.32 bits per heavy atom. The maximum absolute atomic E-state index is 4.09. The minimum absolute atomic E-state index is 0.742. The summed E-state index contributed by atoms with van der Waals surface area (Å²) in [7, 11) is 1.95. The highest BCUT2D eigenvalue weighted by Gasteiger charge is 2.20. The Bertz CT molecular complexity index is 580. The first kappa shape index (κ1) is 13.1. The first-order chi connectivity index (χ1) is 9.22. The Morgan fingerprint density at radius 1 is 1.47 bits per heavy atom. The molecule has 0 bridgehead atoms. The van der Waals surface area contributed by atoms with Crippen molar-refractivity contribution in [1.82, 2.24) is 20.1 Å². The van der Waals surface area contributed by atoms with Gasteiger partial charge in [0.2, 0.25) is 0 Å². The summed E-state index contributed by atoms with van der Waals surface area (Å²) in [5.74, 6) is 0. The van der Waals surface area contributed by atoms with E-state index in [1.165, 1.54) is 18.4 Å². The number of aromatic nitrogens is 3. The number of aryl methyl sites for hydroxylation is 1. The number of hydrogen-bond acceptors (Lipinski definition) is 4. The lowest BCUT2D eigenvalue weighted by atomic mass is 10.2. The highest BCUT2D eigenvalue weighted by molar-refractivity contribution is 9.10. The zero-order valence-electron chi connectivity index (χ0n) is 10.6. The van der Waals surface area contributed by atoms with Gasteiger partial charge in [0.05, 0.1) is 0 Å². The summed E-state index contributed by atoms with van der Waals surface area (Å²) >= 11 is 5.25. The summed E-state index contributed by atoms with van der Waals surface area (Å²) in [6.07, 6.45) is 4.35. The average Bonchev–Trinajstić information content (AvgIpc) is 3.14. The van der Waals surface area contributed by atoms with Gasteiger partial charge in [0, 0.05) is 29.0 Å². The molecule has 0 spiro atoms. The molecule has 6 heteroatoms. The average molecular weight is 339 g/mol. The van der Waals surface area contributed by atoms with Crippen LogP contribution < -0.4 is 5.32 Å². The van der Waals surface area contributed by atoms with E-state index in [1.54, 1.807) is 18.1 Å². The molecule has 0 unspecified atom stereocenters. The van der Waals surface area contributed by atoms with Crippen molar-refractivity contribution in [3.05, 3.63) is 34.6 Å². The number of halogens is 1. The standard InChI is InChI=1S/C13H15BrN4S/c1-18-8-16-17-13(18)19-12-5-2-9(6-11(12)14)7-15-10-3-4-10/h2,5-6,8,10,15H,3-4,7H2,1H3.